The number of piperidine rings is 1. The van der Waals surface area contributed by atoms with Crippen LogP contribution in [0.1, 0.15) is 29.2 Å². The number of hydrogen-bond acceptors (Lipinski definition) is 2. The van der Waals surface area contributed by atoms with Crippen LogP contribution >= 0.6 is 11.3 Å². The minimum atomic E-state index is 0.126. The monoisotopic (exact) mass is 336 g/mol. The molecule has 3 aromatic rings. The molecule has 1 N–H and O–H groups in total. The molecule has 0 radical (unpaired) electrons. The Hall–Kier alpha value is -2.33. The molecule has 1 aliphatic heterocycles. The molecule has 2 aromatic heterocycles. The SMILES string of the molecule is O=C(/C=C/c1cccs1)N1CCC(c2c[nH]c3ccccc23)CC1. The number of aromatic amines is 1. The molecular formula is C20H20N2OS. The van der Waals surface area contributed by atoms with Gasteiger partial charge in [0.2, 0.25) is 5.91 Å². The first-order valence-corrected chi connectivity index (χ1v) is 9.26. The van der Waals surface area contributed by atoms with E-state index in [1.165, 1.54) is 16.5 Å². The van der Waals surface area contributed by atoms with Crippen LogP contribution in [0.5, 0.6) is 0 Å². The third-order valence-corrected chi connectivity index (χ3v) is 5.64. The zero-order valence-corrected chi connectivity index (χ0v) is 14.3. The van der Waals surface area contributed by atoms with Crippen molar-refractivity contribution in [3.05, 3.63) is 64.5 Å². The molecular weight excluding hydrogens is 316 g/mol. The van der Waals surface area contributed by atoms with Crippen molar-refractivity contribution in [1.82, 2.24) is 9.88 Å². The number of thiophene rings is 1. The van der Waals surface area contributed by atoms with Crippen LogP contribution in [0, 0.1) is 0 Å². The lowest BCUT2D eigenvalue weighted by Gasteiger charge is -2.31. The Morgan fingerprint density at radius 2 is 2.00 bits per heavy atom. The van der Waals surface area contributed by atoms with Gasteiger partial charge >= 0.3 is 0 Å². The molecule has 0 aliphatic carbocycles. The summed E-state index contributed by atoms with van der Waals surface area (Å²) in [7, 11) is 0. The van der Waals surface area contributed by atoms with Gasteiger partial charge in [0, 0.05) is 41.1 Å². The number of rotatable bonds is 3. The first kappa shape index (κ1) is 15.2. The maximum Gasteiger partial charge on any atom is 0.246 e. The quantitative estimate of drug-likeness (QED) is 0.695. The van der Waals surface area contributed by atoms with E-state index in [1.807, 2.05) is 28.5 Å². The molecule has 1 fully saturated rings. The lowest BCUT2D eigenvalue weighted by Crippen LogP contribution is -2.36. The predicted octanol–water partition coefficient (Wildman–Crippen LogP) is 4.65. The number of fused-ring (bicyclic) bond motifs is 1. The predicted molar refractivity (Wildman–Crippen MR) is 100 cm³/mol. The molecule has 3 nitrogen and oxygen atoms in total. The first-order valence-electron chi connectivity index (χ1n) is 8.38. The van der Waals surface area contributed by atoms with Crippen LogP contribution in [0.3, 0.4) is 0 Å². The minimum Gasteiger partial charge on any atom is -0.361 e. The molecule has 0 spiro atoms. The second kappa shape index (κ2) is 6.65. The van der Waals surface area contributed by atoms with Gasteiger partial charge in [-0.05, 0) is 47.9 Å². The molecule has 0 unspecified atom stereocenters. The fourth-order valence-corrected chi connectivity index (χ4v) is 4.11. The Bertz CT molecular complexity index is 855. The Labute approximate surface area is 145 Å². The summed E-state index contributed by atoms with van der Waals surface area (Å²) in [6, 6.07) is 12.5. The molecule has 1 saturated heterocycles. The van der Waals surface area contributed by atoms with Gasteiger partial charge in [-0.25, -0.2) is 0 Å². The highest BCUT2D eigenvalue weighted by Crippen LogP contribution is 2.33. The number of carbonyl (C=O) groups is 1. The van der Waals surface area contributed by atoms with E-state index in [0.717, 1.165) is 30.8 Å². The van der Waals surface area contributed by atoms with Crippen LogP contribution in [0.2, 0.25) is 0 Å². The molecule has 0 atom stereocenters. The number of nitrogens with zero attached hydrogens (tertiary/aromatic N) is 1. The van der Waals surface area contributed by atoms with Crippen LogP contribution in [-0.2, 0) is 4.79 Å². The fourth-order valence-electron chi connectivity index (χ4n) is 3.49. The third-order valence-electron chi connectivity index (χ3n) is 4.80. The van der Waals surface area contributed by atoms with E-state index >= 15 is 0 Å². The van der Waals surface area contributed by atoms with Crippen molar-refractivity contribution < 1.29 is 4.79 Å². The van der Waals surface area contributed by atoms with Crippen LogP contribution in [-0.4, -0.2) is 28.9 Å². The molecule has 122 valence electrons. The molecule has 1 amide bonds. The van der Waals surface area contributed by atoms with Crippen LogP contribution in [0.25, 0.3) is 17.0 Å². The van der Waals surface area contributed by atoms with Gasteiger partial charge in [-0.2, -0.15) is 0 Å². The van der Waals surface area contributed by atoms with Crippen molar-refractivity contribution in [2.45, 2.75) is 18.8 Å². The minimum absolute atomic E-state index is 0.126. The standard InChI is InChI=1S/C20H20N2OS/c23-20(8-7-16-4-3-13-24-16)22-11-9-15(10-12-22)18-14-21-19-6-2-1-5-17(18)19/h1-8,13-15,21H,9-12H2/b8-7+. The molecule has 4 heteroatoms. The summed E-state index contributed by atoms with van der Waals surface area (Å²) in [6.07, 6.45) is 7.82. The Morgan fingerprint density at radius 3 is 2.79 bits per heavy atom. The number of benzene rings is 1. The molecule has 24 heavy (non-hydrogen) atoms. The van der Waals surface area contributed by atoms with E-state index in [2.05, 4.69) is 35.4 Å². The number of hydrogen-bond donors (Lipinski definition) is 1. The summed E-state index contributed by atoms with van der Waals surface area (Å²) >= 11 is 1.65. The lowest BCUT2D eigenvalue weighted by atomic mass is 9.89. The fraction of sp³-hybridized carbons (Fsp3) is 0.250. The number of likely N-dealkylation sites (tertiary alicyclic amines) is 1. The van der Waals surface area contributed by atoms with Crippen LogP contribution in [0.15, 0.2) is 54.1 Å². The summed E-state index contributed by atoms with van der Waals surface area (Å²) in [5.74, 6) is 0.659. The lowest BCUT2D eigenvalue weighted by molar-refractivity contribution is -0.126. The highest BCUT2D eigenvalue weighted by atomic mass is 32.1. The molecule has 4 rings (SSSR count). The first-order chi connectivity index (χ1) is 11.8. The van der Waals surface area contributed by atoms with E-state index in [0.29, 0.717) is 5.92 Å². The van der Waals surface area contributed by atoms with Gasteiger partial charge < -0.3 is 9.88 Å². The molecule has 3 heterocycles. The van der Waals surface area contributed by atoms with Crippen molar-refractivity contribution in [2.75, 3.05) is 13.1 Å². The number of aromatic nitrogens is 1. The third kappa shape index (κ3) is 3.02. The van der Waals surface area contributed by atoms with Crippen LogP contribution in [0.4, 0.5) is 0 Å². The molecule has 0 saturated carbocycles. The van der Waals surface area contributed by atoms with Crippen molar-refractivity contribution >= 4 is 34.2 Å². The summed E-state index contributed by atoms with van der Waals surface area (Å²) < 4.78 is 0. The molecule has 1 aliphatic rings. The van der Waals surface area contributed by atoms with Gasteiger partial charge in [0.25, 0.3) is 0 Å². The summed E-state index contributed by atoms with van der Waals surface area (Å²) in [5.41, 5.74) is 2.59. The summed E-state index contributed by atoms with van der Waals surface area (Å²) in [6.45, 7) is 1.66. The number of carbonyl (C=O) groups excluding carboxylic acids is 1. The molecule has 1 aromatic carbocycles. The van der Waals surface area contributed by atoms with Crippen molar-refractivity contribution in [3.8, 4) is 0 Å². The Balaban J connectivity index is 1.40. The second-order valence-corrected chi connectivity index (χ2v) is 7.22. The topological polar surface area (TPSA) is 36.1 Å². The van der Waals surface area contributed by atoms with Crippen LogP contribution < -0.4 is 0 Å². The zero-order chi connectivity index (χ0) is 16.4. The smallest absolute Gasteiger partial charge is 0.246 e. The summed E-state index contributed by atoms with van der Waals surface area (Å²) in [4.78, 5) is 18.8. The maximum absolute atomic E-state index is 12.3. The van der Waals surface area contributed by atoms with Crippen molar-refractivity contribution in [1.29, 1.82) is 0 Å². The summed E-state index contributed by atoms with van der Waals surface area (Å²) in [5, 5.41) is 3.34. The number of nitrogens with one attached hydrogen (secondary N) is 1. The van der Waals surface area contributed by atoms with Crippen molar-refractivity contribution in [2.24, 2.45) is 0 Å². The van der Waals surface area contributed by atoms with Gasteiger partial charge in [-0.1, -0.05) is 24.3 Å². The maximum atomic E-state index is 12.3. The van der Waals surface area contributed by atoms with Crippen molar-refractivity contribution in [3.63, 3.8) is 0 Å². The van der Waals surface area contributed by atoms with E-state index in [4.69, 9.17) is 0 Å². The van der Waals surface area contributed by atoms with E-state index in [-0.39, 0.29) is 5.91 Å². The second-order valence-electron chi connectivity index (χ2n) is 6.24. The largest absolute Gasteiger partial charge is 0.361 e. The Morgan fingerprint density at radius 1 is 1.17 bits per heavy atom. The Kier molecular flexibility index (Phi) is 4.22. The van der Waals surface area contributed by atoms with Gasteiger partial charge in [-0.15, -0.1) is 11.3 Å². The van der Waals surface area contributed by atoms with Gasteiger partial charge in [0.1, 0.15) is 0 Å². The van der Waals surface area contributed by atoms with E-state index in [1.54, 1.807) is 17.4 Å². The average molecular weight is 336 g/mol. The highest BCUT2D eigenvalue weighted by molar-refractivity contribution is 7.10. The van der Waals surface area contributed by atoms with Gasteiger partial charge in [-0.3, -0.25) is 4.79 Å². The number of amides is 1. The number of para-hydroxylation sites is 1. The normalized spacial score (nSPS) is 16.2. The zero-order valence-electron chi connectivity index (χ0n) is 13.4. The van der Waals surface area contributed by atoms with E-state index < -0.39 is 0 Å². The highest BCUT2D eigenvalue weighted by Gasteiger charge is 2.24. The van der Waals surface area contributed by atoms with E-state index in [9.17, 15) is 4.79 Å². The van der Waals surface area contributed by atoms with Gasteiger partial charge in [0.15, 0.2) is 0 Å². The van der Waals surface area contributed by atoms with Gasteiger partial charge in [0.05, 0.1) is 0 Å². The number of H-pyrrole nitrogens is 1. The average Bonchev–Trinajstić information content (AvgIpc) is 3.29. The molecule has 0 bridgehead atoms.